The van der Waals surface area contributed by atoms with Gasteiger partial charge in [0.25, 0.3) is 5.91 Å². The van der Waals surface area contributed by atoms with Crippen molar-refractivity contribution < 1.29 is 14.4 Å². The summed E-state index contributed by atoms with van der Waals surface area (Å²) in [6.45, 7) is 4.88. The lowest BCUT2D eigenvalue weighted by molar-refractivity contribution is -0.137. The maximum Gasteiger partial charge on any atom is 0.287 e. The first-order valence-corrected chi connectivity index (χ1v) is 8.12. The van der Waals surface area contributed by atoms with Crippen LogP contribution in [0.2, 0.25) is 0 Å². The molecule has 0 radical (unpaired) electrons. The molecule has 20 heavy (non-hydrogen) atoms. The van der Waals surface area contributed by atoms with E-state index in [9.17, 15) is 14.4 Å². The van der Waals surface area contributed by atoms with Gasteiger partial charge in [0.1, 0.15) is 5.78 Å². The fourth-order valence-electron chi connectivity index (χ4n) is 2.21. The predicted molar refractivity (Wildman–Crippen MR) is 79.9 cm³/mol. The number of amides is 2. The molecule has 7 heteroatoms. The predicted octanol–water partition coefficient (Wildman–Crippen LogP) is 0.0543. The van der Waals surface area contributed by atoms with Crippen LogP contribution in [0.25, 0.3) is 0 Å². The largest absolute Gasteiger partial charge is 0.363 e. The highest BCUT2D eigenvalue weighted by Gasteiger charge is 2.32. The first kappa shape index (κ1) is 17.1. The van der Waals surface area contributed by atoms with Gasteiger partial charge in [0, 0.05) is 0 Å². The molecular formula is C13H24N3O3P. The highest BCUT2D eigenvalue weighted by molar-refractivity contribution is 7.41. The van der Waals surface area contributed by atoms with Crippen molar-refractivity contribution in [1.29, 1.82) is 0 Å². The van der Waals surface area contributed by atoms with Crippen molar-refractivity contribution in [2.75, 3.05) is 13.6 Å². The molecule has 0 aromatic rings. The van der Waals surface area contributed by atoms with E-state index in [1.165, 1.54) is 0 Å². The number of rotatable bonds is 7. The highest BCUT2D eigenvalue weighted by Crippen LogP contribution is 2.27. The third kappa shape index (κ3) is 4.53. The van der Waals surface area contributed by atoms with Gasteiger partial charge in [0.05, 0.1) is 6.04 Å². The summed E-state index contributed by atoms with van der Waals surface area (Å²) in [5.41, 5.74) is 5.33. The average molecular weight is 301 g/mol. The summed E-state index contributed by atoms with van der Waals surface area (Å²) in [7, 11) is 2.06. The van der Waals surface area contributed by atoms with E-state index >= 15 is 0 Å². The monoisotopic (exact) mass is 301 g/mol. The topological polar surface area (TPSA) is 92.5 Å². The lowest BCUT2D eigenvalue weighted by Gasteiger charge is -2.24. The van der Waals surface area contributed by atoms with Crippen molar-refractivity contribution in [3.8, 4) is 0 Å². The molecule has 1 fully saturated rings. The van der Waals surface area contributed by atoms with E-state index < -0.39 is 17.5 Å². The van der Waals surface area contributed by atoms with Gasteiger partial charge in [-0.2, -0.15) is 0 Å². The summed E-state index contributed by atoms with van der Waals surface area (Å²) in [6, 6.07) is -0.208. The zero-order chi connectivity index (χ0) is 15.3. The fraction of sp³-hybridized carbons (Fsp3) is 0.769. The van der Waals surface area contributed by atoms with Crippen LogP contribution in [0.1, 0.15) is 33.1 Å². The van der Waals surface area contributed by atoms with Gasteiger partial charge in [0.15, 0.2) is 0 Å². The van der Waals surface area contributed by atoms with Crippen LogP contribution in [0.3, 0.4) is 0 Å². The third-order valence-corrected chi connectivity index (χ3v) is 5.40. The number of likely N-dealkylation sites (N-methyl/N-ethyl adjacent to an activating group) is 1. The van der Waals surface area contributed by atoms with Crippen LogP contribution in [0.4, 0.5) is 0 Å². The maximum absolute atomic E-state index is 12.2. The Morgan fingerprint density at radius 2 is 2.10 bits per heavy atom. The third-order valence-electron chi connectivity index (χ3n) is 3.68. The number of primary amides is 1. The van der Waals surface area contributed by atoms with Crippen molar-refractivity contribution in [3.05, 3.63) is 0 Å². The minimum atomic E-state index is -0.981. The van der Waals surface area contributed by atoms with Crippen LogP contribution >= 0.6 is 8.58 Å². The fourth-order valence-corrected chi connectivity index (χ4v) is 3.53. The number of nitrogens with zero attached hydrogens (tertiary/aromatic N) is 1. The zero-order valence-electron chi connectivity index (χ0n) is 12.3. The quantitative estimate of drug-likeness (QED) is 0.513. The Morgan fingerprint density at radius 1 is 1.45 bits per heavy atom. The second-order valence-corrected chi connectivity index (χ2v) is 7.18. The van der Waals surface area contributed by atoms with Crippen molar-refractivity contribution in [2.45, 2.75) is 50.6 Å². The molecule has 0 bridgehead atoms. The lowest BCUT2D eigenvalue weighted by Crippen LogP contribution is -2.49. The molecule has 1 rings (SSSR count). The molecule has 0 aliphatic carbocycles. The van der Waals surface area contributed by atoms with Crippen molar-refractivity contribution in [3.63, 3.8) is 0 Å². The molecule has 1 aliphatic heterocycles. The number of carbonyl (C=O) groups is 3. The maximum atomic E-state index is 12.2. The minimum Gasteiger partial charge on any atom is -0.363 e. The van der Waals surface area contributed by atoms with E-state index in [4.69, 9.17) is 5.73 Å². The van der Waals surface area contributed by atoms with E-state index in [1.807, 2.05) is 25.8 Å². The molecule has 2 amide bonds. The van der Waals surface area contributed by atoms with Crippen LogP contribution in [0.5, 0.6) is 0 Å². The van der Waals surface area contributed by atoms with E-state index in [-0.39, 0.29) is 26.2 Å². The molecule has 0 aromatic heterocycles. The van der Waals surface area contributed by atoms with Crippen molar-refractivity contribution >= 4 is 26.2 Å². The molecule has 4 atom stereocenters. The van der Waals surface area contributed by atoms with Crippen LogP contribution in [0, 0.1) is 0 Å². The summed E-state index contributed by atoms with van der Waals surface area (Å²) < 4.78 is 0. The van der Waals surface area contributed by atoms with Crippen molar-refractivity contribution in [1.82, 2.24) is 10.2 Å². The molecule has 1 aliphatic rings. The Balaban J connectivity index is 2.70. The second-order valence-electron chi connectivity index (χ2n) is 5.28. The molecule has 6 nitrogen and oxygen atoms in total. The Kier molecular flexibility index (Phi) is 6.56. The SMILES string of the molecule is CCC(C)PC(NC(=O)C1CCCN1C)C(=O)C(N)=O. The van der Waals surface area contributed by atoms with Gasteiger partial charge in [-0.15, -0.1) is 0 Å². The number of nitrogens with one attached hydrogen (secondary N) is 1. The van der Waals surface area contributed by atoms with E-state index in [1.54, 1.807) is 0 Å². The number of ketones is 1. The Morgan fingerprint density at radius 3 is 2.55 bits per heavy atom. The van der Waals surface area contributed by atoms with E-state index in [2.05, 4.69) is 5.32 Å². The Bertz CT molecular complexity index is 389. The lowest BCUT2D eigenvalue weighted by atomic mass is 10.2. The number of nitrogens with two attached hydrogens (primary N) is 1. The minimum absolute atomic E-state index is 0.170. The normalized spacial score (nSPS) is 22.9. The first-order chi connectivity index (χ1) is 9.36. The molecule has 0 saturated carbocycles. The summed E-state index contributed by atoms with van der Waals surface area (Å²) in [5, 5.41) is 2.72. The standard InChI is InChI=1S/C13H24N3O3P/c1-4-8(2)20-13(10(17)11(14)18)15-12(19)9-6-5-7-16(9)3/h8-9,13,20H,4-7H2,1-3H3,(H2,14,18)(H,15,19). The van der Waals surface area contributed by atoms with Gasteiger partial charge in [-0.3, -0.25) is 19.3 Å². The summed E-state index contributed by atoms with van der Waals surface area (Å²) in [4.78, 5) is 37.1. The van der Waals surface area contributed by atoms with Gasteiger partial charge in [-0.1, -0.05) is 22.4 Å². The van der Waals surface area contributed by atoms with Gasteiger partial charge >= 0.3 is 0 Å². The van der Waals surface area contributed by atoms with Gasteiger partial charge in [-0.05, 0) is 38.5 Å². The van der Waals surface area contributed by atoms with Crippen LogP contribution in [0.15, 0.2) is 0 Å². The summed E-state index contributed by atoms with van der Waals surface area (Å²) in [6.07, 6.45) is 2.64. The summed E-state index contributed by atoms with van der Waals surface area (Å²) >= 11 is 0. The average Bonchev–Trinajstić information content (AvgIpc) is 2.82. The molecule has 0 spiro atoms. The number of likely N-dealkylation sites (tertiary alicyclic amines) is 1. The van der Waals surface area contributed by atoms with E-state index in [0.717, 1.165) is 25.8 Å². The molecular weight excluding hydrogens is 277 g/mol. The van der Waals surface area contributed by atoms with Crippen LogP contribution < -0.4 is 11.1 Å². The molecule has 114 valence electrons. The van der Waals surface area contributed by atoms with Crippen LogP contribution in [-0.2, 0) is 14.4 Å². The van der Waals surface area contributed by atoms with E-state index in [0.29, 0.717) is 0 Å². The number of hydrogen-bond acceptors (Lipinski definition) is 4. The van der Waals surface area contributed by atoms with Crippen LogP contribution in [-0.4, -0.2) is 53.6 Å². The smallest absolute Gasteiger partial charge is 0.287 e. The number of carbonyl (C=O) groups excluding carboxylic acids is 3. The highest BCUT2D eigenvalue weighted by atomic mass is 31.1. The Hall–Kier alpha value is -1.00. The van der Waals surface area contributed by atoms with Gasteiger partial charge in [0.2, 0.25) is 11.7 Å². The van der Waals surface area contributed by atoms with Gasteiger partial charge < -0.3 is 11.1 Å². The number of hydrogen-bond donors (Lipinski definition) is 2. The zero-order valence-corrected chi connectivity index (χ0v) is 13.3. The molecule has 4 unspecified atom stereocenters. The second kappa shape index (κ2) is 7.70. The number of Topliss-reactive ketones (excluding diaryl/α,β-unsaturated/α-hetero) is 1. The molecule has 1 heterocycles. The van der Waals surface area contributed by atoms with Crippen molar-refractivity contribution in [2.24, 2.45) is 5.73 Å². The molecule has 3 N–H and O–H groups in total. The molecule has 0 aromatic carbocycles. The summed E-state index contributed by atoms with van der Waals surface area (Å²) in [5.74, 6) is -2.63. The Labute approximate surface area is 121 Å². The first-order valence-electron chi connectivity index (χ1n) is 6.97. The van der Waals surface area contributed by atoms with Gasteiger partial charge in [-0.25, -0.2) is 0 Å². The molecule has 1 saturated heterocycles.